The van der Waals surface area contributed by atoms with E-state index < -0.39 is 0 Å². The second-order valence-electron chi connectivity index (χ2n) is 7.64. The van der Waals surface area contributed by atoms with Gasteiger partial charge in [-0.15, -0.1) is 0 Å². The standard InChI is InChI=1S/C23H29N/c1-4-10-20(11-5-1)23(21-12-6-2-7-13-21)16-14-22(15-17-23)24-18-8-3-9-19-24/h1-2,4-7,10-13,22H,3,8-9,14-19H2. The molecule has 0 amide bonds. The molecule has 0 bridgehead atoms. The van der Waals surface area contributed by atoms with E-state index in [1.165, 1.54) is 69.2 Å². The summed E-state index contributed by atoms with van der Waals surface area (Å²) in [5.74, 6) is 0. The number of benzene rings is 2. The smallest absolute Gasteiger partial charge is 0.0204 e. The van der Waals surface area contributed by atoms with Crippen molar-refractivity contribution in [1.29, 1.82) is 0 Å². The molecule has 1 heterocycles. The van der Waals surface area contributed by atoms with Gasteiger partial charge in [0.2, 0.25) is 0 Å². The van der Waals surface area contributed by atoms with Crippen LogP contribution in [0.15, 0.2) is 60.7 Å². The van der Waals surface area contributed by atoms with Gasteiger partial charge in [-0.3, -0.25) is 0 Å². The fourth-order valence-electron chi connectivity index (χ4n) is 5.00. The van der Waals surface area contributed by atoms with Crippen molar-refractivity contribution in [2.45, 2.75) is 56.4 Å². The van der Waals surface area contributed by atoms with Crippen molar-refractivity contribution >= 4 is 0 Å². The zero-order valence-corrected chi connectivity index (χ0v) is 14.7. The third-order valence-corrected chi connectivity index (χ3v) is 6.37. The topological polar surface area (TPSA) is 3.24 Å². The molecule has 0 radical (unpaired) electrons. The first-order valence-corrected chi connectivity index (χ1v) is 9.74. The Kier molecular flexibility index (Phi) is 4.71. The van der Waals surface area contributed by atoms with E-state index in [4.69, 9.17) is 0 Å². The molecule has 4 rings (SSSR count). The first-order valence-electron chi connectivity index (χ1n) is 9.74. The molecule has 1 saturated heterocycles. The highest BCUT2D eigenvalue weighted by Crippen LogP contribution is 2.45. The molecule has 2 aliphatic rings. The molecule has 0 unspecified atom stereocenters. The maximum atomic E-state index is 2.78. The second-order valence-corrected chi connectivity index (χ2v) is 7.64. The Balaban J connectivity index is 1.60. The number of rotatable bonds is 3. The van der Waals surface area contributed by atoms with Crippen molar-refractivity contribution in [3.63, 3.8) is 0 Å². The molecule has 1 aliphatic carbocycles. The van der Waals surface area contributed by atoms with Crippen molar-refractivity contribution in [3.8, 4) is 0 Å². The van der Waals surface area contributed by atoms with Crippen LogP contribution in [0, 0.1) is 0 Å². The Labute approximate surface area is 146 Å². The lowest BCUT2D eigenvalue weighted by Gasteiger charge is -2.45. The number of likely N-dealkylation sites (tertiary alicyclic amines) is 1. The van der Waals surface area contributed by atoms with Crippen LogP contribution in [-0.2, 0) is 5.41 Å². The summed E-state index contributed by atoms with van der Waals surface area (Å²) in [6.45, 7) is 2.66. The zero-order chi connectivity index (χ0) is 16.2. The molecule has 1 nitrogen and oxygen atoms in total. The fourth-order valence-corrected chi connectivity index (χ4v) is 5.00. The number of piperidine rings is 1. The van der Waals surface area contributed by atoms with Gasteiger partial charge in [0.25, 0.3) is 0 Å². The van der Waals surface area contributed by atoms with E-state index in [-0.39, 0.29) is 5.41 Å². The molecule has 126 valence electrons. The summed E-state index contributed by atoms with van der Waals surface area (Å²) in [4.78, 5) is 2.78. The van der Waals surface area contributed by atoms with E-state index in [0.29, 0.717) is 0 Å². The minimum atomic E-state index is 0.217. The maximum absolute atomic E-state index is 2.78. The number of hydrogen-bond acceptors (Lipinski definition) is 1. The van der Waals surface area contributed by atoms with Gasteiger partial charge >= 0.3 is 0 Å². The predicted octanol–water partition coefficient (Wildman–Crippen LogP) is 5.40. The summed E-state index contributed by atoms with van der Waals surface area (Å²) >= 11 is 0. The molecule has 1 saturated carbocycles. The monoisotopic (exact) mass is 319 g/mol. The molecule has 0 spiro atoms. The average molecular weight is 319 g/mol. The third kappa shape index (κ3) is 3.02. The Morgan fingerprint density at radius 2 is 1.17 bits per heavy atom. The van der Waals surface area contributed by atoms with Crippen molar-refractivity contribution in [2.75, 3.05) is 13.1 Å². The summed E-state index contributed by atoms with van der Waals surface area (Å²) in [6, 6.07) is 23.3. The molecule has 24 heavy (non-hydrogen) atoms. The normalized spacial score (nSPS) is 22.3. The predicted molar refractivity (Wildman–Crippen MR) is 101 cm³/mol. The van der Waals surface area contributed by atoms with E-state index in [0.717, 1.165) is 6.04 Å². The van der Waals surface area contributed by atoms with Crippen molar-refractivity contribution in [3.05, 3.63) is 71.8 Å². The SMILES string of the molecule is c1ccc(C2(c3ccccc3)CCC(N3CCCCC3)CC2)cc1. The van der Waals surface area contributed by atoms with Gasteiger partial charge in [-0.2, -0.15) is 0 Å². The summed E-state index contributed by atoms with van der Waals surface area (Å²) in [6.07, 6.45) is 9.47. The first-order chi connectivity index (χ1) is 11.9. The van der Waals surface area contributed by atoms with Gasteiger partial charge in [-0.1, -0.05) is 67.1 Å². The lowest BCUT2D eigenvalue weighted by molar-refractivity contribution is 0.112. The molecule has 2 aromatic rings. The lowest BCUT2D eigenvalue weighted by atomic mass is 9.64. The van der Waals surface area contributed by atoms with E-state index >= 15 is 0 Å². The molecular formula is C23H29N. The van der Waals surface area contributed by atoms with Crippen LogP contribution >= 0.6 is 0 Å². The van der Waals surface area contributed by atoms with Crippen molar-refractivity contribution in [1.82, 2.24) is 4.90 Å². The first kappa shape index (κ1) is 15.9. The quantitative estimate of drug-likeness (QED) is 0.732. The van der Waals surface area contributed by atoms with Gasteiger partial charge in [0.15, 0.2) is 0 Å². The van der Waals surface area contributed by atoms with Gasteiger partial charge in [-0.05, 0) is 62.7 Å². The Morgan fingerprint density at radius 1 is 0.667 bits per heavy atom. The zero-order valence-electron chi connectivity index (χ0n) is 14.7. The van der Waals surface area contributed by atoms with Gasteiger partial charge in [0, 0.05) is 11.5 Å². The van der Waals surface area contributed by atoms with Crippen LogP contribution in [0.5, 0.6) is 0 Å². The molecule has 1 heteroatoms. The van der Waals surface area contributed by atoms with Gasteiger partial charge in [0.05, 0.1) is 0 Å². The fraction of sp³-hybridized carbons (Fsp3) is 0.478. The van der Waals surface area contributed by atoms with Crippen LogP contribution in [0.25, 0.3) is 0 Å². The highest BCUT2D eigenvalue weighted by Gasteiger charge is 2.39. The van der Waals surface area contributed by atoms with E-state index in [9.17, 15) is 0 Å². The summed E-state index contributed by atoms with van der Waals surface area (Å²) in [5, 5.41) is 0. The minimum absolute atomic E-state index is 0.217. The molecule has 0 N–H and O–H groups in total. The molecular weight excluding hydrogens is 290 g/mol. The highest BCUT2D eigenvalue weighted by atomic mass is 15.2. The minimum Gasteiger partial charge on any atom is -0.300 e. The average Bonchev–Trinajstić information content (AvgIpc) is 2.70. The van der Waals surface area contributed by atoms with Crippen LogP contribution in [0.1, 0.15) is 56.1 Å². The Morgan fingerprint density at radius 3 is 1.67 bits per heavy atom. The van der Waals surface area contributed by atoms with Crippen LogP contribution in [0.2, 0.25) is 0 Å². The Bertz CT molecular complexity index is 578. The summed E-state index contributed by atoms with van der Waals surface area (Å²) in [5.41, 5.74) is 3.23. The highest BCUT2D eigenvalue weighted by molar-refractivity contribution is 5.40. The maximum Gasteiger partial charge on any atom is 0.0204 e. The van der Waals surface area contributed by atoms with Gasteiger partial charge in [0.1, 0.15) is 0 Å². The molecule has 2 aromatic carbocycles. The number of nitrogens with zero attached hydrogens (tertiary/aromatic N) is 1. The lowest BCUT2D eigenvalue weighted by Crippen LogP contribution is -2.45. The van der Waals surface area contributed by atoms with Crippen LogP contribution in [0.3, 0.4) is 0 Å². The summed E-state index contributed by atoms with van der Waals surface area (Å²) < 4.78 is 0. The third-order valence-electron chi connectivity index (χ3n) is 6.37. The van der Waals surface area contributed by atoms with E-state index in [2.05, 4.69) is 65.6 Å². The van der Waals surface area contributed by atoms with Crippen molar-refractivity contribution in [2.24, 2.45) is 0 Å². The molecule has 0 aromatic heterocycles. The van der Waals surface area contributed by atoms with Crippen molar-refractivity contribution < 1.29 is 0 Å². The van der Waals surface area contributed by atoms with Gasteiger partial charge in [-0.25, -0.2) is 0 Å². The van der Waals surface area contributed by atoms with Crippen LogP contribution in [-0.4, -0.2) is 24.0 Å². The number of hydrogen-bond donors (Lipinski definition) is 0. The summed E-state index contributed by atoms with van der Waals surface area (Å²) in [7, 11) is 0. The largest absolute Gasteiger partial charge is 0.300 e. The second kappa shape index (κ2) is 7.11. The molecule has 2 fully saturated rings. The van der Waals surface area contributed by atoms with Crippen LogP contribution in [0.4, 0.5) is 0 Å². The van der Waals surface area contributed by atoms with E-state index in [1.54, 1.807) is 0 Å². The van der Waals surface area contributed by atoms with Gasteiger partial charge < -0.3 is 4.90 Å². The molecule has 1 aliphatic heterocycles. The molecule has 0 atom stereocenters. The van der Waals surface area contributed by atoms with Crippen LogP contribution < -0.4 is 0 Å². The van der Waals surface area contributed by atoms with E-state index in [1.807, 2.05) is 0 Å². The Hall–Kier alpha value is -1.60.